The number of aromatic carboxylic acids is 1. The molecule has 1 saturated heterocycles. The number of ether oxygens (including phenoxy) is 1. The van der Waals surface area contributed by atoms with Crippen molar-refractivity contribution < 1.29 is 14.6 Å². The molecule has 1 aliphatic heterocycles. The molecule has 17 heavy (non-hydrogen) atoms. The van der Waals surface area contributed by atoms with Gasteiger partial charge in [0, 0.05) is 23.4 Å². The lowest BCUT2D eigenvalue weighted by Gasteiger charge is -2.21. The van der Waals surface area contributed by atoms with Crippen molar-refractivity contribution in [1.29, 1.82) is 0 Å². The molecular formula is C13H16O3S. The maximum Gasteiger partial charge on any atom is 0.335 e. The molecule has 1 N–H and O–H groups in total. The van der Waals surface area contributed by atoms with Crippen LogP contribution in [0.5, 0.6) is 0 Å². The lowest BCUT2D eigenvalue weighted by Crippen LogP contribution is -2.17. The molecule has 1 fully saturated rings. The molecule has 0 spiro atoms. The van der Waals surface area contributed by atoms with Crippen LogP contribution in [0, 0.1) is 6.92 Å². The molecule has 1 aliphatic rings. The van der Waals surface area contributed by atoms with Crippen molar-refractivity contribution in [3.8, 4) is 0 Å². The third kappa shape index (κ3) is 3.23. The summed E-state index contributed by atoms with van der Waals surface area (Å²) in [6, 6.07) is 5.66. The largest absolute Gasteiger partial charge is 0.478 e. The van der Waals surface area contributed by atoms with Crippen molar-refractivity contribution in [3.05, 3.63) is 29.3 Å². The molecule has 0 aromatic heterocycles. The molecule has 0 radical (unpaired) electrons. The van der Waals surface area contributed by atoms with Gasteiger partial charge in [0.2, 0.25) is 0 Å². The summed E-state index contributed by atoms with van der Waals surface area (Å²) in [6.45, 7) is 3.46. The van der Waals surface area contributed by atoms with E-state index in [9.17, 15) is 4.79 Å². The third-order valence-corrected chi connectivity index (χ3v) is 4.24. The minimum Gasteiger partial charge on any atom is -0.478 e. The van der Waals surface area contributed by atoms with Crippen LogP contribution in [0.4, 0.5) is 0 Å². The number of aryl methyl sites for hydroxylation is 1. The Balaban J connectivity index is 2.10. The van der Waals surface area contributed by atoms with E-state index in [1.165, 1.54) is 0 Å². The van der Waals surface area contributed by atoms with E-state index < -0.39 is 5.97 Å². The van der Waals surface area contributed by atoms with Gasteiger partial charge in [-0.1, -0.05) is 6.07 Å². The van der Waals surface area contributed by atoms with E-state index in [0.29, 0.717) is 10.8 Å². The average Bonchev–Trinajstić information content (AvgIpc) is 2.32. The summed E-state index contributed by atoms with van der Waals surface area (Å²) in [7, 11) is 0. The SMILES string of the molecule is Cc1ccc(SC2CCOCC2)cc1C(=O)O. The molecule has 1 aromatic rings. The molecule has 3 nitrogen and oxygen atoms in total. The fourth-order valence-electron chi connectivity index (χ4n) is 1.89. The maximum atomic E-state index is 11.0. The fraction of sp³-hybridized carbons (Fsp3) is 0.462. The van der Waals surface area contributed by atoms with Gasteiger partial charge >= 0.3 is 5.97 Å². The number of carboxylic acid groups (broad SMARTS) is 1. The molecule has 0 aliphatic carbocycles. The lowest BCUT2D eigenvalue weighted by molar-refractivity contribution is 0.0695. The number of carbonyl (C=O) groups is 1. The smallest absolute Gasteiger partial charge is 0.335 e. The Morgan fingerprint density at radius 2 is 2.12 bits per heavy atom. The zero-order valence-corrected chi connectivity index (χ0v) is 10.6. The van der Waals surface area contributed by atoms with Crippen LogP contribution in [0.1, 0.15) is 28.8 Å². The van der Waals surface area contributed by atoms with Crippen LogP contribution in [0.15, 0.2) is 23.1 Å². The number of hydrogen-bond acceptors (Lipinski definition) is 3. The van der Waals surface area contributed by atoms with Gasteiger partial charge in [-0.2, -0.15) is 0 Å². The average molecular weight is 252 g/mol. The second kappa shape index (κ2) is 5.56. The Kier molecular flexibility index (Phi) is 4.07. The first kappa shape index (κ1) is 12.5. The second-order valence-electron chi connectivity index (χ2n) is 4.21. The number of thioether (sulfide) groups is 1. The minimum atomic E-state index is -0.850. The summed E-state index contributed by atoms with van der Waals surface area (Å²) in [4.78, 5) is 12.1. The highest BCUT2D eigenvalue weighted by Gasteiger charge is 2.16. The van der Waals surface area contributed by atoms with Gasteiger partial charge in [-0.3, -0.25) is 0 Å². The predicted molar refractivity (Wildman–Crippen MR) is 67.8 cm³/mol. The van der Waals surface area contributed by atoms with Crippen LogP contribution in [0.3, 0.4) is 0 Å². The van der Waals surface area contributed by atoms with Gasteiger partial charge in [-0.15, -0.1) is 11.8 Å². The van der Waals surface area contributed by atoms with Gasteiger partial charge < -0.3 is 9.84 Å². The number of hydrogen-bond donors (Lipinski definition) is 1. The van der Waals surface area contributed by atoms with Gasteiger partial charge in [0.25, 0.3) is 0 Å². The Morgan fingerprint density at radius 1 is 1.41 bits per heavy atom. The number of benzene rings is 1. The van der Waals surface area contributed by atoms with Crippen LogP contribution in [0.2, 0.25) is 0 Å². The van der Waals surface area contributed by atoms with E-state index in [0.717, 1.165) is 36.5 Å². The molecular weight excluding hydrogens is 236 g/mol. The predicted octanol–water partition coefficient (Wildman–Crippen LogP) is 2.96. The monoisotopic (exact) mass is 252 g/mol. The summed E-state index contributed by atoms with van der Waals surface area (Å²) in [6.07, 6.45) is 2.09. The van der Waals surface area contributed by atoms with E-state index in [-0.39, 0.29) is 0 Å². The Hall–Kier alpha value is -1.00. The molecule has 92 valence electrons. The molecule has 1 aromatic carbocycles. The Labute approximate surface area is 105 Å². The fourth-order valence-corrected chi connectivity index (χ4v) is 3.04. The zero-order chi connectivity index (χ0) is 12.3. The molecule has 1 heterocycles. The molecule has 0 amide bonds. The van der Waals surface area contributed by atoms with Gasteiger partial charge in [0.05, 0.1) is 5.56 Å². The lowest BCUT2D eigenvalue weighted by atomic mass is 10.1. The van der Waals surface area contributed by atoms with Gasteiger partial charge in [-0.25, -0.2) is 4.79 Å². The topological polar surface area (TPSA) is 46.5 Å². The quantitative estimate of drug-likeness (QED) is 0.898. The van der Waals surface area contributed by atoms with Crippen LogP contribution in [-0.4, -0.2) is 29.5 Å². The highest BCUT2D eigenvalue weighted by atomic mass is 32.2. The molecule has 4 heteroatoms. The van der Waals surface area contributed by atoms with Crippen molar-refractivity contribution in [2.24, 2.45) is 0 Å². The minimum absolute atomic E-state index is 0.405. The highest BCUT2D eigenvalue weighted by molar-refractivity contribution is 8.00. The number of carboxylic acids is 1. The van der Waals surface area contributed by atoms with Crippen molar-refractivity contribution in [2.45, 2.75) is 29.9 Å². The van der Waals surface area contributed by atoms with E-state index >= 15 is 0 Å². The third-order valence-electron chi connectivity index (χ3n) is 2.91. The molecule has 0 unspecified atom stereocenters. The summed E-state index contributed by atoms with van der Waals surface area (Å²) in [5.41, 5.74) is 1.22. The second-order valence-corrected chi connectivity index (χ2v) is 5.59. The number of rotatable bonds is 3. The van der Waals surface area contributed by atoms with Crippen LogP contribution < -0.4 is 0 Å². The van der Waals surface area contributed by atoms with Crippen molar-refractivity contribution in [1.82, 2.24) is 0 Å². The van der Waals surface area contributed by atoms with Crippen LogP contribution >= 0.6 is 11.8 Å². The van der Waals surface area contributed by atoms with E-state index in [1.54, 1.807) is 17.8 Å². The molecule has 0 bridgehead atoms. The molecule has 2 rings (SSSR count). The molecule has 0 saturated carbocycles. The highest BCUT2D eigenvalue weighted by Crippen LogP contribution is 2.30. The van der Waals surface area contributed by atoms with Crippen LogP contribution in [0.25, 0.3) is 0 Å². The zero-order valence-electron chi connectivity index (χ0n) is 9.81. The standard InChI is InChI=1S/C13H16O3S/c1-9-2-3-11(8-12(9)13(14)15)17-10-4-6-16-7-5-10/h2-3,8,10H,4-7H2,1H3,(H,14,15). The Morgan fingerprint density at radius 3 is 2.76 bits per heavy atom. The van der Waals surface area contributed by atoms with Gasteiger partial charge in [0.15, 0.2) is 0 Å². The van der Waals surface area contributed by atoms with Gasteiger partial charge in [0.1, 0.15) is 0 Å². The summed E-state index contributed by atoms with van der Waals surface area (Å²) >= 11 is 1.76. The Bertz CT molecular complexity index is 411. The van der Waals surface area contributed by atoms with Gasteiger partial charge in [-0.05, 0) is 37.5 Å². The summed E-state index contributed by atoms with van der Waals surface area (Å²) < 4.78 is 5.31. The summed E-state index contributed by atoms with van der Waals surface area (Å²) in [5, 5.41) is 9.62. The first-order valence-corrected chi connectivity index (χ1v) is 6.63. The van der Waals surface area contributed by atoms with Crippen molar-refractivity contribution >= 4 is 17.7 Å². The summed E-state index contributed by atoms with van der Waals surface area (Å²) in [5.74, 6) is -0.850. The van der Waals surface area contributed by atoms with Crippen molar-refractivity contribution in [2.75, 3.05) is 13.2 Å². The normalized spacial score (nSPS) is 17.0. The first-order chi connectivity index (χ1) is 8.16. The molecule has 0 atom stereocenters. The van der Waals surface area contributed by atoms with E-state index in [4.69, 9.17) is 9.84 Å². The van der Waals surface area contributed by atoms with Crippen LogP contribution in [-0.2, 0) is 4.74 Å². The maximum absolute atomic E-state index is 11.0. The van der Waals surface area contributed by atoms with E-state index in [2.05, 4.69) is 0 Å². The van der Waals surface area contributed by atoms with E-state index in [1.807, 2.05) is 19.1 Å². The first-order valence-electron chi connectivity index (χ1n) is 5.75. The van der Waals surface area contributed by atoms with Crippen molar-refractivity contribution in [3.63, 3.8) is 0 Å².